The van der Waals surface area contributed by atoms with Crippen molar-refractivity contribution < 1.29 is 20.8 Å². The molecule has 0 bridgehead atoms. The quantitative estimate of drug-likeness (QED) is 0.404. The van der Waals surface area contributed by atoms with E-state index in [-0.39, 0.29) is 19.5 Å². The van der Waals surface area contributed by atoms with Gasteiger partial charge in [-0.2, -0.15) is 14.6 Å². The number of aryl methyl sites for hydroxylation is 1. The van der Waals surface area contributed by atoms with Crippen LogP contribution in [0.5, 0.6) is 5.88 Å². The van der Waals surface area contributed by atoms with Crippen LogP contribution in [0.25, 0.3) is 16.8 Å². The van der Waals surface area contributed by atoms with E-state index in [0.717, 1.165) is 87.0 Å². The lowest BCUT2D eigenvalue weighted by Crippen LogP contribution is -2.28. The number of fused-ring (bicyclic) bond motifs is 1. The van der Waals surface area contributed by atoms with Crippen LogP contribution >= 0.6 is 0 Å². The number of carbonyl (C=O) groups is 1. The fraction of sp³-hybridized carbons (Fsp3) is 0.552. The Morgan fingerprint density at radius 1 is 1.18 bits per heavy atom. The first kappa shape index (κ1) is 25.1. The molecule has 3 aromatic rings. The molecule has 9 nitrogen and oxygen atoms in total. The van der Waals surface area contributed by atoms with E-state index in [4.69, 9.17) is 14.5 Å². The van der Waals surface area contributed by atoms with Crippen LogP contribution in [0.15, 0.2) is 30.5 Å². The molecule has 3 heterocycles. The highest BCUT2D eigenvalue weighted by Gasteiger charge is 2.25. The summed E-state index contributed by atoms with van der Waals surface area (Å²) in [5, 5.41) is 21.2. The van der Waals surface area contributed by atoms with Crippen molar-refractivity contribution in [1.82, 2.24) is 19.9 Å². The zero-order valence-corrected chi connectivity index (χ0v) is 22.0. The normalized spacial score (nSPS) is 23.8. The lowest BCUT2D eigenvalue weighted by Gasteiger charge is -2.26. The summed E-state index contributed by atoms with van der Waals surface area (Å²) >= 11 is 0. The maximum absolute atomic E-state index is 12.6. The van der Waals surface area contributed by atoms with Crippen LogP contribution in [0.1, 0.15) is 68.7 Å². The minimum Gasteiger partial charge on any atom is -0.472 e. The number of hydrogen-bond donors (Lipinski definition) is 3. The molecule has 3 fully saturated rings. The summed E-state index contributed by atoms with van der Waals surface area (Å²) in [6.07, 6.45) is 9.41. The van der Waals surface area contributed by atoms with Crippen LogP contribution in [0.2, 0.25) is 0 Å². The number of ether oxygens (including phenoxy) is 2. The van der Waals surface area contributed by atoms with Crippen molar-refractivity contribution in [1.29, 1.82) is 0 Å². The molecule has 1 aliphatic heterocycles. The number of carbonyl (C=O) groups excluding carboxylic acids is 1. The van der Waals surface area contributed by atoms with Gasteiger partial charge in [-0.15, -0.1) is 0 Å². The summed E-state index contributed by atoms with van der Waals surface area (Å²) in [5.74, 6) is 1.87. The van der Waals surface area contributed by atoms with Crippen molar-refractivity contribution in [3.05, 3.63) is 41.6 Å². The van der Waals surface area contributed by atoms with E-state index in [1.54, 1.807) is 0 Å². The van der Waals surface area contributed by atoms with Crippen molar-refractivity contribution in [3.8, 4) is 17.0 Å². The van der Waals surface area contributed by atoms with Gasteiger partial charge in [0.15, 0.2) is 5.65 Å². The maximum atomic E-state index is 12.6. The molecule has 1 saturated heterocycles. The lowest BCUT2D eigenvalue weighted by atomic mass is 9.87. The van der Waals surface area contributed by atoms with Crippen molar-refractivity contribution in [2.75, 3.05) is 25.1 Å². The average Bonchev–Trinajstić information content (AvgIpc) is 3.63. The molecule has 3 aliphatic rings. The zero-order chi connectivity index (χ0) is 26.1. The summed E-state index contributed by atoms with van der Waals surface area (Å²) in [4.78, 5) is 17.5. The van der Waals surface area contributed by atoms with Crippen LogP contribution in [-0.4, -0.2) is 63.6 Å². The first-order chi connectivity index (χ1) is 18.5. The molecule has 1 unspecified atom stereocenters. The summed E-state index contributed by atoms with van der Waals surface area (Å²) < 4.78 is 13.7. The third-order valence-electron chi connectivity index (χ3n) is 7.94. The fourth-order valence-corrected chi connectivity index (χ4v) is 5.48. The number of nitrogens with one attached hydrogen (secondary N) is 2. The highest BCUT2D eigenvalue weighted by Crippen LogP contribution is 2.31. The Kier molecular flexibility index (Phi) is 7.21. The van der Waals surface area contributed by atoms with Crippen LogP contribution in [-0.2, 0) is 4.74 Å². The van der Waals surface area contributed by atoms with E-state index in [1.807, 2.05) is 41.9 Å². The average molecular weight is 522 g/mol. The van der Waals surface area contributed by atoms with Gasteiger partial charge in [0.05, 0.1) is 18.9 Å². The molecule has 2 aliphatic carbocycles. The highest BCUT2D eigenvalue weighted by molar-refractivity contribution is 5.97. The standard InChI is InChI=1S/C29H37N5O4.H2/c1-18-13-20(6-11-24(18)29(36)32-21-7-8-21)25-16-31-34-26(30-15-19-4-9-22(35)10-5-19)14-27(33-28(25)34)38-23-3-2-12-37-17-23;/h6,11,13-14,16,19,21-23,30,35H,2-5,7-10,12,15,17H2,1H3,(H,32,36);1H. The van der Waals surface area contributed by atoms with Crippen molar-refractivity contribution in [2.45, 2.75) is 76.5 Å². The van der Waals surface area contributed by atoms with Gasteiger partial charge in [-0.3, -0.25) is 4.79 Å². The van der Waals surface area contributed by atoms with E-state index >= 15 is 0 Å². The molecule has 9 heteroatoms. The third-order valence-corrected chi connectivity index (χ3v) is 7.94. The molecule has 2 aromatic heterocycles. The third kappa shape index (κ3) is 5.63. The molecule has 6 rings (SSSR count). The zero-order valence-electron chi connectivity index (χ0n) is 22.0. The largest absolute Gasteiger partial charge is 0.472 e. The van der Waals surface area contributed by atoms with E-state index in [9.17, 15) is 9.90 Å². The molecule has 0 spiro atoms. The number of anilines is 1. The smallest absolute Gasteiger partial charge is 0.251 e. The number of nitrogens with zero attached hydrogens (tertiary/aromatic N) is 3. The van der Waals surface area contributed by atoms with Gasteiger partial charge in [-0.25, -0.2) is 0 Å². The molecule has 3 N–H and O–H groups in total. The summed E-state index contributed by atoms with van der Waals surface area (Å²) in [5.41, 5.74) is 4.17. The molecule has 38 heavy (non-hydrogen) atoms. The van der Waals surface area contributed by atoms with Crippen molar-refractivity contribution in [3.63, 3.8) is 0 Å². The molecule has 1 aromatic carbocycles. The van der Waals surface area contributed by atoms with Gasteiger partial charge in [0.2, 0.25) is 5.88 Å². The van der Waals surface area contributed by atoms with Gasteiger partial charge in [0.25, 0.3) is 5.91 Å². The second-order valence-electron chi connectivity index (χ2n) is 11.1. The van der Waals surface area contributed by atoms with E-state index in [2.05, 4.69) is 15.7 Å². The maximum Gasteiger partial charge on any atom is 0.251 e. The van der Waals surface area contributed by atoms with E-state index in [0.29, 0.717) is 35.7 Å². The second-order valence-corrected chi connectivity index (χ2v) is 11.1. The number of benzene rings is 1. The Morgan fingerprint density at radius 2 is 2.03 bits per heavy atom. The predicted octanol–water partition coefficient (Wildman–Crippen LogP) is 4.36. The van der Waals surface area contributed by atoms with Gasteiger partial charge in [0.1, 0.15) is 11.9 Å². The summed E-state index contributed by atoms with van der Waals surface area (Å²) in [7, 11) is 0. The first-order valence-corrected chi connectivity index (χ1v) is 14.0. The van der Waals surface area contributed by atoms with Gasteiger partial charge in [-0.1, -0.05) is 12.1 Å². The molecule has 0 radical (unpaired) electrons. The Labute approximate surface area is 224 Å². The minimum atomic E-state index is -0.167. The van der Waals surface area contributed by atoms with Crippen LogP contribution < -0.4 is 15.4 Å². The van der Waals surface area contributed by atoms with Crippen molar-refractivity contribution >= 4 is 17.4 Å². The predicted molar refractivity (Wildman–Crippen MR) is 147 cm³/mol. The Hall–Kier alpha value is -3.17. The molecule has 1 atom stereocenters. The van der Waals surface area contributed by atoms with E-state index in [1.165, 1.54) is 0 Å². The molecular formula is C29H39N5O4. The van der Waals surface area contributed by atoms with Crippen LogP contribution in [0, 0.1) is 12.8 Å². The Bertz CT molecular complexity index is 1300. The van der Waals surface area contributed by atoms with Crippen LogP contribution in [0.4, 0.5) is 5.82 Å². The van der Waals surface area contributed by atoms with Crippen LogP contribution in [0.3, 0.4) is 0 Å². The Morgan fingerprint density at radius 3 is 2.76 bits per heavy atom. The van der Waals surface area contributed by atoms with Gasteiger partial charge >= 0.3 is 0 Å². The minimum absolute atomic E-state index is 0. The number of aliphatic hydroxyl groups is 1. The number of hydrogen-bond acceptors (Lipinski definition) is 7. The molecule has 2 saturated carbocycles. The highest BCUT2D eigenvalue weighted by atomic mass is 16.5. The number of rotatable bonds is 8. The van der Waals surface area contributed by atoms with E-state index < -0.39 is 0 Å². The topological polar surface area (TPSA) is 110 Å². The molecule has 204 valence electrons. The first-order valence-electron chi connectivity index (χ1n) is 14.0. The summed E-state index contributed by atoms with van der Waals surface area (Å²) in [6.45, 7) is 4.11. The molecular weight excluding hydrogens is 482 g/mol. The second kappa shape index (κ2) is 10.9. The van der Waals surface area contributed by atoms with Crippen molar-refractivity contribution in [2.24, 2.45) is 5.92 Å². The van der Waals surface area contributed by atoms with Gasteiger partial charge in [0, 0.05) is 37.8 Å². The SMILES string of the molecule is Cc1cc(-c2cnn3c(NCC4CCC(O)CC4)cc(OC4CCCOC4)nc23)ccc1C(=O)NC1CC1.[HH]. The number of aliphatic hydroxyl groups excluding tert-OH is 1. The summed E-state index contributed by atoms with van der Waals surface area (Å²) in [6, 6.07) is 8.14. The fourth-order valence-electron chi connectivity index (χ4n) is 5.48. The lowest BCUT2D eigenvalue weighted by molar-refractivity contribution is 0.00559. The monoisotopic (exact) mass is 521 g/mol. The molecule has 1 amide bonds. The van der Waals surface area contributed by atoms with Gasteiger partial charge < -0.3 is 25.2 Å². The van der Waals surface area contributed by atoms with Gasteiger partial charge in [-0.05, 0) is 81.4 Å². The number of amides is 1. The number of aromatic nitrogens is 3. The Balaban J connectivity index is 0.00000308.